The van der Waals surface area contributed by atoms with Gasteiger partial charge in [0.15, 0.2) is 0 Å². The zero-order valence-corrected chi connectivity index (χ0v) is 14.9. The molecule has 0 bridgehead atoms. The second kappa shape index (κ2) is 7.00. The Balaban J connectivity index is 1.79. The summed E-state index contributed by atoms with van der Waals surface area (Å²) in [7, 11) is 0. The molecule has 0 amide bonds. The topological polar surface area (TPSA) is 56.5 Å². The summed E-state index contributed by atoms with van der Waals surface area (Å²) in [6.07, 6.45) is 3.05. The molecule has 3 aromatic rings. The molecule has 0 fully saturated rings. The van der Waals surface area contributed by atoms with Gasteiger partial charge in [0.1, 0.15) is 11.3 Å². The summed E-state index contributed by atoms with van der Waals surface area (Å²) in [4.78, 5) is 23.4. The average molecular weight is 432 g/mol. The van der Waals surface area contributed by atoms with Gasteiger partial charge in [0.05, 0.1) is 0 Å². The molecule has 0 aliphatic carbocycles. The standard InChI is InChI=1S/C19H13IO4/c1-12-9-19(22)24-17-11-15(6-7-16(12)17)23-18(21)8-5-13-3-2-4-14(20)10-13/h2-11H,1H3. The molecule has 3 rings (SSSR count). The van der Waals surface area contributed by atoms with E-state index in [9.17, 15) is 9.59 Å². The molecule has 2 aromatic carbocycles. The molecule has 0 aliphatic rings. The first-order chi connectivity index (χ1) is 11.5. The van der Waals surface area contributed by atoms with E-state index in [0.29, 0.717) is 11.3 Å². The van der Waals surface area contributed by atoms with Crippen LogP contribution in [0.5, 0.6) is 5.75 Å². The Morgan fingerprint density at radius 3 is 2.79 bits per heavy atom. The maximum Gasteiger partial charge on any atom is 0.336 e. The number of carbonyl (C=O) groups excluding carboxylic acids is 1. The maximum atomic E-state index is 11.9. The van der Waals surface area contributed by atoms with Crippen LogP contribution in [0.4, 0.5) is 0 Å². The molecule has 0 saturated carbocycles. The van der Waals surface area contributed by atoms with Gasteiger partial charge in [-0.25, -0.2) is 9.59 Å². The van der Waals surface area contributed by atoms with Crippen LogP contribution >= 0.6 is 22.6 Å². The van der Waals surface area contributed by atoms with E-state index in [1.54, 1.807) is 24.3 Å². The van der Waals surface area contributed by atoms with Crippen molar-refractivity contribution >= 4 is 45.6 Å². The first-order valence-electron chi connectivity index (χ1n) is 7.21. The lowest BCUT2D eigenvalue weighted by Crippen LogP contribution is -2.04. The fraction of sp³-hybridized carbons (Fsp3) is 0.0526. The van der Waals surface area contributed by atoms with Crippen LogP contribution in [0, 0.1) is 10.5 Å². The minimum absolute atomic E-state index is 0.327. The van der Waals surface area contributed by atoms with Crippen molar-refractivity contribution in [3.8, 4) is 5.75 Å². The number of hydrogen-bond donors (Lipinski definition) is 0. The van der Waals surface area contributed by atoms with Crippen LogP contribution < -0.4 is 10.4 Å². The summed E-state index contributed by atoms with van der Waals surface area (Å²) in [5, 5.41) is 0.809. The third kappa shape index (κ3) is 3.91. The third-order valence-electron chi connectivity index (χ3n) is 3.40. The van der Waals surface area contributed by atoms with E-state index in [2.05, 4.69) is 22.6 Å². The van der Waals surface area contributed by atoms with Crippen LogP contribution in [0.15, 0.2) is 63.8 Å². The molecule has 0 atom stereocenters. The van der Waals surface area contributed by atoms with Gasteiger partial charge in [-0.15, -0.1) is 0 Å². The summed E-state index contributed by atoms with van der Waals surface area (Å²) >= 11 is 2.21. The maximum absolute atomic E-state index is 11.9. The van der Waals surface area contributed by atoms with Crippen LogP contribution in [-0.4, -0.2) is 5.97 Å². The van der Waals surface area contributed by atoms with Crippen molar-refractivity contribution in [2.45, 2.75) is 6.92 Å². The van der Waals surface area contributed by atoms with Crippen molar-refractivity contribution in [2.75, 3.05) is 0 Å². The molecule has 1 aromatic heterocycles. The Bertz CT molecular complexity index is 1000. The van der Waals surface area contributed by atoms with Crippen LogP contribution in [0.3, 0.4) is 0 Å². The monoisotopic (exact) mass is 432 g/mol. The van der Waals surface area contributed by atoms with E-state index in [1.807, 2.05) is 31.2 Å². The normalized spacial score (nSPS) is 11.1. The number of carbonyl (C=O) groups is 1. The molecule has 0 unspecified atom stereocenters. The minimum Gasteiger partial charge on any atom is -0.423 e. The number of halogens is 1. The highest BCUT2D eigenvalue weighted by molar-refractivity contribution is 14.1. The number of hydrogen-bond acceptors (Lipinski definition) is 4. The molecule has 0 spiro atoms. The average Bonchev–Trinajstić information content (AvgIpc) is 2.52. The quantitative estimate of drug-likeness (QED) is 0.203. The molecule has 0 N–H and O–H groups in total. The molecular formula is C19H13IO4. The van der Waals surface area contributed by atoms with Crippen molar-refractivity contribution in [1.29, 1.82) is 0 Å². The number of rotatable bonds is 3. The summed E-state index contributed by atoms with van der Waals surface area (Å²) in [6, 6.07) is 14.2. The first kappa shape index (κ1) is 16.4. The SMILES string of the molecule is Cc1cc(=O)oc2cc(OC(=O)C=Cc3cccc(I)c3)ccc12. The van der Waals surface area contributed by atoms with Crippen molar-refractivity contribution in [1.82, 2.24) is 0 Å². The molecule has 0 saturated heterocycles. The predicted octanol–water partition coefficient (Wildman–Crippen LogP) is 4.32. The molecule has 24 heavy (non-hydrogen) atoms. The van der Waals surface area contributed by atoms with Gasteiger partial charge in [-0.2, -0.15) is 0 Å². The van der Waals surface area contributed by atoms with Gasteiger partial charge in [0, 0.05) is 27.2 Å². The van der Waals surface area contributed by atoms with Crippen LogP contribution in [-0.2, 0) is 4.79 Å². The Labute approximate surface area is 151 Å². The van der Waals surface area contributed by atoms with Crippen LogP contribution in [0.25, 0.3) is 17.0 Å². The van der Waals surface area contributed by atoms with E-state index in [0.717, 1.165) is 20.1 Å². The Morgan fingerprint density at radius 2 is 2.00 bits per heavy atom. The number of ether oxygens (including phenoxy) is 1. The highest BCUT2D eigenvalue weighted by atomic mass is 127. The van der Waals surface area contributed by atoms with Crippen molar-refractivity contribution in [3.63, 3.8) is 0 Å². The van der Waals surface area contributed by atoms with Gasteiger partial charge in [-0.05, 0) is 71.0 Å². The number of esters is 1. The van der Waals surface area contributed by atoms with E-state index >= 15 is 0 Å². The summed E-state index contributed by atoms with van der Waals surface area (Å²) in [5.41, 5.74) is 1.70. The van der Waals surface area contributed by atoms with Gasteiger partial charge in [0.2, 0.25) is 0 Å². The van der Waals surface area contributed by atoms with Gasteiger partial charge in [-0.3, -0.25) is 0 Å². The molecule has 4 nitrogen and oxygen atoms in total. The van der Waals surface area contributed by atoms with Gasteiger partial charge >= 0.3 is 11.6 Å². The lowest BCUT2D eigenvalue weighted by molar-refractivity contribution is -0.128. The summed E-state index contributed by atoms with van der Waals surface area (Å²) in [6.45, 7) is 1.83. The van der Waals surface area contributed by atoms with Gasteiger partial charge < -0.3 is 9.15 Å². The van der Waals surface area contributed by atoms with Crippen LogP contribution in [0.1, 0.15) is 11.1 Å². The van der Waals surface area contributed by atoms with Gasteiger partial charge in [-0.1, -0.05) is 12.1 Å². The third-order valence-corrected chi connectivity index (χ3v) is 4.07. The first-order valence-corrected chi connectivity index (χ1v) is 8.29. The zero-order valence-electron chi connectivity index (χ0n) is 12.8. The second-order valence-corrected chi connectivity index (χ2v) is 6.46. The fourth-order valence-electron chi connectivity index (χ4n) is 2.29. The summed E-state index contributed by atoms with van der Waals surface area (Å²) < 4.78 is 11.5. The minimum atomic E-state index is -0.497. The van der Waals surface area contributed by atoms with Crippen molar-refractivity contribution in [2.24, 2.45) is 0 Å². The molecular weight excluding hydrogens is 419 g/mol. The highest BCUT2D eigenvalue weighted by Gasteiger charge is 2.06. The van der Waals surface area contributed by atoms with Crippen molar-refractivity contribution in [3.05, 3.63) is 79.7 Å². The fourth-order valence-corrected chi connectivity index (χ4v) is 2.86. The Hall–Kier alpha value is -2.41. The number of fused-ring (bicyclic) bond motifs is 1. The Kier molecular flexibility index (Phi) is 4.80. The van der Waals surface area contributed by atoms with E-state index in [4.69, 9.17) is 9.15 Å². The molecule has 120 valence electrons. The zero-order chi connectivity index (χ0) is 17.1. The largest absolute Gasteiger partial charge is 0.423 e. The number of benzene rings is 2. The molecule has 0 radical (unpaired) electrons. The number of aryl methyl sites for hydroxylation is 1. The molecule has 0 aliphatic heterocycles. The predicted molar refractivity (Wildman–Crippen MR) is 101 cm³/mol. The highest BCUT2D eigenvalue weighted by Crippen LogP contribution is 2.22. The van der Waals surface area contributed by atoms with Gasteiger partial charge in [0.25, 0.3) is 0 Å². The van der Waals surface area contributed by atoms with E-state index in [1.165, 1.54) is 12.1 Å². The summed E-state index contributed by atoms with van der Waals surface area (Å²) in [5.74, 6) is -0.170. The second-order valence-electron chi connectivity index (χ2n) is 5.22. The smallest absolute Gasteiger partial charge is 0.336 e. The van der Waals surface area contributed by atoms with E-state index < -0.39 is 11.6 Å². The lowest BCUT2D eigenvalue weighted by Gasteiger charge is -2.04. The van der Waals surface area contributed by atoms with Crippen LogP contribution in [0.2, 0.25) is 0 Å². The molecule has 5 heteroatoms. The molecule has 1 heterocycles. The van der Waals surface area contributed by atoms with E-state index in [-0.39, 0.29) is 0 Å². The Morgan fingerprint density at radius 1 is 1.17 bits per heavy atom. The lowest BCUT2D eigenvalue weighted by atomic mass is 10.1. The van der Waals surface area contributed by atoms with Crippen molar-refractivity contribution < 1.29 is 13.9 Å².